The van der Waals surface area contributed by atoms with Gasteiger partial charge in [0.1, 0.15) is 5.75 Å². The van der Waals surface area contributed by atoms with E-state index in [-0.39, 0.29) is 23.7 Å². The Morgan fingerprint density at radius 3 is 2.37 bits per heavy atom. The summed E-state index contributed by atoms with van der Waals surface area (Å²) in [5, 5.41) is 0.624. The first kappa shape index (κ1) is 24.4. The number of methoxy groups -OCH3 is 1. The molecular weight excluding hydrogens is 464 g/mol. The number of carbonyl (C=O) groups is 2. The number of hydrogen-bond donors (Lipinski definition) is 0. The van der Waals surface area contributed by atoms with E-state index in [0.717, 1.165) is 22.6 Å². The van der Waals surface area contributed by atoms with Crippen molar-refractivity contribution in [3.05, 3.63) is 93.4 Å². The van der Waals surface area contributed by atoms with Gasteiger partial charge in [0.2, 0.25) is 0 Å². The van der Waals surface area contributed by atoms with Crippen molar-refractivity contribution in [3.63, 3.8) is 0 Å². The number of benzene rings is 2. The van der Waals surface area contributed by atoms with Crippen molar-refractivity contribution in [3.8, 4) is 11.4 Å². The molecule has 0 fully saturated rings. The van der Waals surface area contributed by atoms with Crippen molar-refractivity contribution < 1.29 is 19.1 Å². The van der Waals surface area contributed by atoms with Gasteiger partial charge in [0.05, 0.1) is 35.6 Å². The Morgan fingerprint density at radius 2 is 1.74 bits per heavy atom. The number of allylic oxidation sites excluding steroid dienone is 1. The van der Waals surface area contributed by atoms with Crippen molar-refractivity contribution in [1.29, 1.82) is 0 Å². The van der Waals surface area contributed by atoms with Gasteiger partial charge in [-0.25, -0.2) is 4.79 Å². The first-order chi connectivity index (χ1) is 16.8. The molecule has 2 heterocycles. The molecule has 35 heavy (non-hydrogen) atoms. The third kappa shape index (κ3) is 4.37. The van der Waals surface area contributed by atoms with E-state index in [4.69, 9.17) is 21.1 Å². The first-order valence-electron chi connectivity index (χ1n) is 11.3. The maximum atomic E-state index is 13.7. The van der Waals surface area contributed by atoms with Gasteiger partial charge in [-0.05, 0) is 81.8 Å². The topological polar surface area (TPSA) is 60.8 Å². The summed E-state index contributed by atoms with van der Waals surface area (Å²) in [6.07, 6.45) is 1.76. The van der Waals surface area contributed by atoms with E-state index in [1.165, 1.54) is 4.90 Å². The number of nitrogens with zero attached hydrogens (tertiary/aromatic N) is 2. The highest BCUT2D eigenvalue weighted by molar-refractivity contribution is 6.32. The average molecular weight is 491 g/mol. The zero-order chi connectivity index (χ0) is 25.3. The Hall–Kier alpha value is -3.77. The Balaban J connectivity index is 1.84. The summed E-state index contributed by atoms with van der Waals surface area (Å²) in [5.74, 6) is -0.144. The Morgan fingerprint density at radius 1 is 1.06 bits per heavy atom. The lowest BCUT2D eigenvalue weighted by molar-refractivity contribution is -0.138. The Bertz CT molecular complexity index is 1370. The fourth-order valence-corrected chi connectivity index (χ4v) is 4.64. The van der Waals surface area contributed by atoms with Crippen LogP contribution in [0, 0.1) is 13.8 Å². The molecule has 180 valence electrons. The molecule has 6 nitrogen and oxygen atoms in total. The molecule has 0 saturated carbocycles. The van der Waals surface area contributed by atoms with Gasteiger partial charge >= 0.3 is 5.97 Å². The van der Waals surface area contributed by atoms with Gasteiger partial charge in [-0.1, -0.05) is 23.7 Å². The lowest BCUT2D eigenvalue weighted by atomic mass is 10.0. The molecule has 0 spiro atoms. The largest absolute Gasteiger partial charge is 0.497 e. The second kappa shape index (κ2) is 9.84. The van der Waals surface area contributed by atoms with Crippen LogP contribution < -0.4 is 9.64 Å². The summed E-state index contributed by atoms with van der Waals surface area (Å²) in [5.41, 5.74) is 5.23. The minimum Gasteiger partial charge on any atom is -0.497 e. The number of aryl methyl sites for hydroxylation is 1. The zero-order valence-corrected chi connectivity index (χ0v) is 21.1. The number of esters is 1. The second-order valence-electron chi connectivity index (χ2n) is 8.19. The predicted octanol–water partition coefficient (Wildman–Crippen LogP) is 6.02. The number of carbonyl (C=O) groups excluding carboxylic acids is 2. The summed E-state index contributed by atoms with van der Waals surface area (Å²) < 4.78 is 12.6. The summed E-state index contributed by atoms with van der Waals surface area (Å²) in [6.45, 7) is 7.64. The van der Waals surface area contributed by atoms with E-state index in [9.17, 15) is 9.59 Å². The monoisotopic (exact) mass is 490 g/mol. The van der Waals surface area contributed by atoms with Crippen LogP contribution in [-0.4, -0.2) is 30.2 Å². The van der Waals surface area contributed by atoms with Crippen LogP contribution in [0.1, 0.15) is 30.8 Å². The van der Waals surface area contributed by atoms with Gasteiger partial charge < -0.3 is 14.0 Å². The first-order valence-corrected chi connectivity index (χ1v) is 11.7. The number of para-hydroxylation sites is 1. The lowest BCUT2D eigenvalue weighted by Gasteiger charge is -2.18. The molecule has 1 amide bonds. The number of ether oxygens (including phenoxy) is 2. The number of hydrogen-bond acceptors (Lipinski definition) is 4. The molecule has 1 aromatic heterocycles. The van der Waals surface area contributed by atoms with E-state index in [1.807, 2.05) is 48.7 Å². The van der Waals surface area contributed by atoms with E-state index in [1.54, 1.807) is 51.3 Å². The number of aromatic nitrogens is 1. The van der Waals surface area contributed by atoms with Crippen LogP contribution in [0.5, 0.6) is 5.75 Å². The highest BCUT2D eigenvalue weighted by atomic mass is 35.5. The molecule has 0 atom stereocenters. The van der Waals surface area contributed by atoms with Crippen molar-refractivity contribution >= 4 is 35.2 Å². The fourth-order valence-electron chi connectivity index (χ4n) is 4.42. The third-order valence-electron chi connectivity index (χ3n) is 6.07. The van der Waals surface area contributed by atoms with E-state index < -0.39 is 5.97 Å². The molecule has 0 N–H and O–H groups in total. The van der Waals surface area contributed by atoms with E-state index in [0.29, 0.717) is 22.2 Å². The standard InChI is InChI=1S/C28H27ClN2O4/c1-6-35-28(33)26-19(4)31(21-11-13-22(34-5)14-12-21)27(32)23(26)16-20-15-17(2)30(18(20)3)25-10-8-7-9-24(25)29/h7-16H,6H2,1-5H3/b23-16-. The minimum absolute atomic E-state index is 0.209. The summed E-state index contributed by atoms with van der Waals surface area (Å²) in [7, 11) is 1.58. The van der Waals surface area contributed by atoms with Crippen molar-refractivity contribution in [1.82, 2.24) is 4.57 Å². The predicted molar refractivity (Wildman–Crippen MR) is 138 cm³/mol. The van der Waals surface area contributed by atoms with Gasteiger partial charge in [-0.3, -0.25) is 9.69 Å². The molecule has 0 radical (unpaired) electrons. The van der Waals surface area contributed by atoms with Gasteiger partial charge in [0.25, 0.3) is 5.91 Å². The smallest absolute Gasteiger partial charge is 0.340 e. The second-order valence-corrected chi connectivity index (χ2v) is 8.60. The number of amides is 1. The molecule has 4 rings (SSSR count). The van der Waals surface area contributed by atoms with Crippen LogP contribution in [-0.2, 0) is 14.3 Å². The van der Waals surface area contributed by atoms with E-state index >= 15 is 0 Å². The molecule has 0 saturated heterocycles. The molecular formula is C28H27ClN2O4. The van der Waals surface area contributed by atoms with Crippen LogP contribution in [0.2, 0.25) is 5.02 Å². The Labute approximate surface area is 210 Å². The number of anilines is 1. The molecule has 3 aromatic rings. The van der Waals surface area contributed by atoms with Crippen LogP contribution in [0.3, 0.4) is 0 Å². The summed E-state index contributed by atoms with van der Waals surface area (Å²) in [6, 6.07) is 16.7. The summed E-state index contributed by atoms with van der Waals surface area (Å²) >= 11 is 6.46. The molecule has 0 unspecified atom stereocenters. The zero-order valence-electron chi connectivity index (χ0n) is 20.4. The van der Waals surface area contributed by atoms with Gasteiger partial charge in [-0.2, -0.15) is 0 Å². The summed E-state index contributed by atoms with van der Waals surface area (Å²) in [4.78, 5) is 28.2. The highest BCUT2D eigenvalue weighted by Crippen LogP contribution is 2.37. The van der Waals surface area contributed by atoms with Crippen LogP contribution in [0.4, 0.5) is 5.69 Å². The van der Waals surface area contributed by atoms with Gasteiger partial charge in [-0.15, -0.1) is 0 Å². The molecule has 2 aromatic carbocycles. The maximum Gasteiger partial charge on any atom is 0.340 e. The lowest BCUT2D eigenvalue weighted by Crippen LogP contribution is -2.24. The normalized spacial score (nSPS) is 14.7. The van der Waals surface area contributed by atoms with Crippen LogP contribution >= 0.6 is 11.6 Å². The highest BCUT2D eigenvalue weighted by Gasteiger charge is 2.38. The minimum atomic E-state index is -0.527. The van der Waals surface area contributed by atoms with Crippen molar-refractivity contribution in [2.45, 2.75) is 27.7 Å². The molecule has 0 aliphatic carbocycles. The fraction of sp³-hybridized carbons (Fsp3) is 0.214. The van der Waals surface area contributed by atoms with E-state index in [2.05, 4.69) is 0 Å². The quantitative estimate of drug-likeness (QED) is 0.313. The average Bonchev–Trinajstić information content (AvgIpc) is 3.25. The molecule has 1 aliphatic heterocycles. The SMILES string of the molecule is CCOC(=O)C1=C(C)N(c2ccc(OC)cc2)C(=O)/C1=C\c1cc(C)n(-c2ccccc2Cl)c1C. The Kier molecular flexibility index (Phi) is 6.85. The number of halogens is 1. The number of rotatable bonds is 6. The van der Waals surface area contributed by atoms with Crippen molar-refractivity contribution in [2.24, 2.45) is 0 Å². The maximum absolute atomic E-state index is 13.7. The molecule has 0 bridgehead atoms. The molecule has 1 aliphatic rings. The third-order valence-corrected chi connectivity index (χ3v) is 6.39. The van der Waals surface area contributed by atoms with Crippen LogP contribution in [0.25, 0.3) is 11.8 Å². The van der Waals surface area contributed by atoms with Crippen molar-refractivity contribution in [2.75, 3.05) is 18.6 Å². The van der Waals surface area contributed by atoms with Gasteiger partial charge in [0.15, 0.2) is 0 Å². The molecule has 7 heteroatoms. The van der Waals surface area contributed by atoms with Crippen LogP contribution in [0.15, 0.2) is 71.4 Å². The van der Waals surface area contributed by atoms with Gasteiger partial charge in [0, 0.05) is 22.8 Å².